The predicted molar refractivity (Wildman–Crippen MR) is 124 cm³/mol. The van der Waals surface area contributed by atoms with Crippen LogP contribution in [-0.4, -0.2) is 38.4 Å². The van der Waals surface area contributed by atoms with Crippen molar-refractivity contribution in [3.8, 4) is 0 Å². The van der Waals surface area contributed by atoms with Crippen LogP contribution in [0.5, 0.6) is 0 Å². The number of nitrogens with zero attached hydrogens (tertiary/aromatic N) is 1. The van der Waals surface area contributed by atoms with E-state index in [0.717, 1.165) is 48.0 Å². The van der Waals surface area contributed by atoms with E-state index in [9.17, 15) is 13.2 Å². The highest BCUT2D eigenvalue weighted by Crippen LogP contribution is 2.48. The summed E-state index contributed by atoms with van der Waals surface area (Å²) in [5, 5.41) is 8.27. The number of carbonyl (C=O) groups excluding carboxylic acids is 1. The van der Waals surface area contributed by atoms with Crippen LogP contribution in [0.3, 0.4) is 0 Å². The number of hydrogen-bond donors (Lipinski definition) is 3. The normalized spacial score (nSPS) is 21.4. The summed E-state index contributed by atoms with van der Waals surface area (Å²) in [6.07, 6.45) is 5.81. The van der Waals surface area contributed by atoms with Gasteiger partial charge in [-0.2, -0.15) is 0 Å². The van der Waals surface area contributed by atoms with E-state index in [2.05, 4.69) is 20.3 Å². The fraction of sp³-hybridized carbons (Fsp3) is 0.333. The Morgan fingerprint density at radius 1 is 1.03 bits per heavy atom. The topological polar surface area (TPSA) is 100 Å². The van der Waals surface area contributed by atoms with Crippen molar-refractivity contribution in [2.75, 3.05) is 18.4 Å². The average Bonchev–Trinajstić information content (AvgIpc) is 3.61. The third kappa shape index (κ3) is 4.53. The second kappa shape index (κ2) is 8.61. The van der Waals surface area contributed by atoms with E-state index < -0.39 is 10.0 Å². The number of sulfonamides is 1. The lowest BCUT2D eigenvalue weighted by atomic mass is 10.1. The van der Waals surface area contributed by atoms with E-state index in [1.807, 2.05) is 30.3 Å². The van der Waals surface area contributed by atoms with Crippen LogP contribution in [0.2, 0.25) is 0 Å². The molecule has 2 aliphatic rings. The molecule has 1 aromatic heterocycles. The minimum Gasteiger partial charge on any atom is -0.326 e. The molecule has 8 heteroatoms. The van der Waals surface area contributed by atoms with Gasteiger partial charge in [0.05, 0.1) is 4.90 Å². The largest absolute Gasteiger partial charge is 0.326 e. The molecule has 1 saturated carbocycles. The summed E-state index contributed by atoms with van der Waals surface area (Å²) < 4.78 is 28.5. The molecule has 32 heavy (non-hydrogen) atoms. The molecule has 0 radical (unpaired) electrons. The second-order valence-corrected chi connectivity index (χ2v) is 10.3. The van der Waals surface area contributed by atoms with Gasteiger partial charge in [-0.15, -0.1) is 0 Å². The number of pyridine rings is 1. The molecular formula is C24H26N4O3S. The predicted octanol–water partition coefficient (Wildman–Crippen LogP) is 3.01. The quantitative estimate of drug-likeness (QED) is 0.536. The van der Waals surface area contributed by atoms with Gasteiger partial charge in [0.25, 0.3) is 0 Å². The highest BCUT2D eigenvalue weighted by Gasteiger charge is 2.44. The molecule has 0 bridgehead atoms. The van der Waals surface area contributed by atoms with Crippen molar-refractivity contribution in [2.45, 2.75) is 36.1 Å². The summed E-state index contributed by atoms with van der Waals surface area (Å²) in [6, 6.07) is 14.6. The van der Waals surface area contributed by atoms with Crippen molar-refractivity contribution >= 4 is 32.4 Å². The maximum Gasteiger partial charge on any atom is 0.240 e. The number of piperidine rings is 1. The number of fused-ring (bicyclic) bond motifs is 1. The molecule has 1 amide bonds. The lowest BCUT2D eigenvalue weighted by Crippen LogP contribution is -2.42. The molecule has 0 spiro atoms. The maximum absolute atomic E-state index is 12.8. The molecule has 7 nitrogen and oxygen atoms in total. The van der Waals surface area contributed by atoms with E-state index in [1.165, 1.54) is 0 Å². The first-order valence-electron chi connectivity index (χ1n) is 11.0. The molecule has 3 aromatic rings. The van der Waals surface area contributed by atoms with Gasteiger partial charge in [-0.05, 0) is 79.6 Å². The van der Waals surface area contributed by atoms with Gasteiger partial charge in [-0.3, -0.25) is 9.78 Å². The first-order chi connectivity index (χ1) is 15.5. The van der Waals surface area contributed by atoms with Crippen molar-refractivity contribution in [3.63, 3.8) is 0 Å². The van der Waals surface area contributed by atoms with Gasteiger partial charge in [-0.25, -0.2) is 13.1 Å². The highest BCUT2D eigenvalue weighted by molar-refractivity contribution is 7.89. The zero-order valence-electron chi connectivity index (χ0n) is 17.6. The van der Waals surface area contributed by atoms with Gasteiger partial charge in [0.2, 0.25) is 15.9 Å². The smallest absolute Gasteiger partial charge is 0.240 e. The van der Waals surface area contributed by atoms with Gasteiger partial charge in [0.1, 0.15) is 0 Å². The number of hydrogen-bond acceptors (Lipinski definition) is 5. The Balaban J connectivity index is 1.25. The number of anilines is 1. The van der Waals surface area contributed by atoms with Crippen molar-refractivity contribution in [1.29, 1.82) is 0 Å². The summed E-state index contributed by atoms with van der Waals surface area (Å²) in [7, 11) is -3.58. The van der Waals surface area contributed by atoms with Gasteiger partial charge >= 0.3 is 0 Å². The Hall–Kier alpha value is -2.81. The molecular weight excluding hydrogens is 424 g/mol. The molecule has 2 atom stereocenters. The Kier molecular flexibility index (Phi) is 5.67. The molecule has 1 saturated heterocycles. The number of benzene rings is 2. The number of amides is 1. The monoisotopic (exact) mass is 450 g/mol. The molecule has 1 aliphatic carbocycles. The van der Waals surface area contributed by atoms with Crippen LogP contribution < -0.4 is 15.4 Å². The summed E-state index contributed by atoms with van der Waals surface area (Å²) in [5.41, 5.74) is 1.64. The average molecular weight is 451 g/mol. The van der Waals surface area contributed by atoms with Crippen LogP contribution in [-0.2, 0) is 14.8 Å². The molecule has 1 aliphatic heterocycles. The van der Waals surface area contributed by atoms with Crippen LogP contribution in [0.15, 0.2) is 65.8 Å². The molecule has 3 N–H and O–H groups in total. The Morgan fingerprint density at radius 3 is 2.72 bits per heavy atom. The Labute approximate surface area is 187 Å². The Bertz CT molecular complexity index is 1250. The van der Waals surface area contributed by atoms with Crippen LogP contribution >= 0.6 is 0 Å². The maximum atomic E-state index is 12.8. The molecule has 0 unspecified atom stereocenters. The number of rotatable bonds is 6. The zero-order chi connectivity index (χ0) is 22.1. The van der Waals surface area contributed by atoms with E-state index >= 15 is 0 Å². The molecule has 5 rings (SSSR count). The van der Waals surface area contributed by atoms with Crippen LogP contribution in [0, 0.1) is 5.92 Å². The summed E-state index contributed by atoms with van der Waals surface area (Å²) in [5.74, 6) is -0.156. The number of nitrogens with one attached hydrogen (secondary N) is 3. The zero-order valence-corrected chi connectivity index (χ0v) is 18.4. The van der Waals surface area contributed by atoms with Crippen LogP contribution in [0.25, 0.3) is 10.8 Å². The molecule has 166 valence electrons. The third-order valence-electron chi connectivity index (χ3n) is 6.29. The molecule has 2 aromatic carbocycles. The van der Waals surface area contributed by atoms with Crippen molar-refractivity contribution in [3.05, 3.63) is 66.5 Å². The first-order valence-corrected chi connectivity index (χ1v) is 12.5. The van der Waals surface area contributed by atoms with Crippen molar-refractivity contribution in [2.24, 2.45) is 5.92 Å². The van der Waals surface area contributed by atoms with Gasteiger partial charge in [0.15, 0.2) is 0 Å². The lowest BCUT2D eigenvalue weighted by Gasteiger charge is -2.23. The number of carbonyl (C=O) groups is 1. The van der Waals surface area contributed by atoms with Crippen molar-refractivity contribution < 1.29 is 13.2 Å². The summed E-state index contributed by atoms with van der Waals surface area (Å²) in [6.45, 7) is 1.64. The third-order valence-corrected chi connectivity index (χ3v) is 7.81. The van der Waals surface area contributed by atoms with Crippen molar-refractivity contribution in [1.82, 2.24) is 15.0 Å². The van der Waals surface area contributed by atoms with Crippen LogP contribution in [0.4, 0.5) is 5.69 Å². The first kappa shape index (κ1) is 21.1. The Morgan fingerprint density at radius 2 is 1.88 bits per heavy atom. The molecule has 2 fully saturated rings. The fourth-order valence-electron chi connectivity index (χ4n) is 4.39. The highest BCUT2D eigenvalue weighted by atomic mass is 32.2. The molecule has 2 heterocycles. The van der Waals surface area contributed by atoms with Crippen LogP contribution in [0.1, 0.15) is 30.7 Å². The van der Waals surface area contributed by atoms with E-state index in [1.54, 1.807) is 30.6 Å². The van der Waals surface area contributed by atoms with Gasteiger partial charge < -0.3 is 10.6 Å². The lowest BCUT2D eigenvalue weighted by molar-refractivity contribution is -0.117. The minimum atomic E-state index is -3.58. The van der Waals surface area contributed by atoms with Gasteiger partial charge in [0, 0.05) is 35.4 Å². The fourth-order valence-corrected chi connectivity index (χ4v) is 5.75. The van der Waals surface area contributed by atoms with E-state index in [4.69, 9.17) is 0 Å². The van der Waals surface area contributed by atoms with Gasteiger partial charge in [-0.1, -0.05) is 18.2 Å². The van der Waals surface area contributed by atoms with E-state index in [0.29, 0.717) is 6.42 Å². The minimum absolute atomic E-state index is 0.0358. The standard InChI is InChI=1S/C24H26N4O3S/c29-24(27-20-5-4-18-15-26-9-6-16(18)12-20)23-14-22(23)17-2-1-3-21(13-17)32(30,31)28-19-7-10-25-11-8-19/h1-6,9,12-13,15,19,22-23,25,28H,7-8,10-11,14H2,(H,27,29)/t22-,23+/m0/s1. The number of aromatic nitrogens is 1. The summed E-state index contributed by atoms with van der Waals surface area (Å²) in [4.78, 5) is 17.2. The second-order valence-electron chi connectivity index (χ2n) is 8.59. The van der Waals surface area contributed by atoms with E-state index in [-0.39, 0.29) is 28.7 Å². The SMILES string of the molecule is O=C(Nc1ccc2cnccc2c1)[C@@H]1C[C@H]1c1cccc(S(=O)(=O)NC2CCNCC2)c1. The summed E-state index contributed by atoms with van der Waals surface area (Å²) >= 11 is 0.